The van der Waals surface area contributed by atoms with Gasteiger partial charge in [-0.05, 0) is 40.2 Å². The van der Waals surface area contributed by atoms with Crippen molar-refractivity contribution in [3.8, 4) is 11.5 Å². The second-order valence-electron chi connectivity index (χ2n) is 4.62. The first-order chi connectivity index (χ1) is 10.2. The van der Waals surface area contributed by atoms with Gasteiger partial charge in [-0.25, -0.2) is 4.90 Å². The van der Waals surface area contributed by atoms with Gasteiger partial charge in [0, 0.05) is 4.47 Å². The van der Waals surface area contributed by atoms with Crippen LogP contribution in [0.5, 0.6) is 11.5 Å². The molecule has 0 aromatic heterocycles. The highest BCUT2D eigenvalue weighted by Gasteiger charge is 2.40. The lowest BCUT2D eigenvalue weighted by molar-refractivity contribution is 0.0924. The zero-order chi connectivity index (χ0) is 14.6. The molecule has 0 unspecified atom stereocenters. The first-order valence-electron chi connectivity index (χ1n) is 6.24. The van der Waals surface area contributed by atoms with Crippen LogP contribution >= 0.6 is 15.9 Å². The molecule has 2 aromatic rings. The Morgan fingerprint density at radius 3 is 2.29 bits per heavy atom. The molecular formula is C15H8BrNO4. The Bertz CT molecular complexity index is 767. The number of nitrogens with zero attached hydrogens (tertiary/aromatic N) is 1. The van der Waals surface area contributed by atoms with Gasteiger partial charge in [-0.1, -0.05) is 12.1 Å². The van der Waals surface area contributed by atoms with Gasteiger partial charge in [-0.15, -0.1) is 0 Å². The number of imide groups is 1. The predicted octanol–water partition coefficient (Wildman–Crippen LogP) is 2.98. The number of carbonyl (C=O) groups excluding carboxylic acids is 2. The van der Waals surface area contributed by atoms with E-state index in [1.165, 1.54) is 0 Å². The monoisotopic (exact) mass is 345 g/mol. The molecule has 0 N–H and O–H groups in total. The first-order valence-corrected chi connectivity index (χ1v) is 7.03. The van der Waals surface area contributed by atoms with Crippen molar-refractivity contribution in [2.45, 2.75) is 0 Å². The van der Waals surface area contributed by atoms with E-state index >= 15 is 0 Å². The van der Waals surface area contributed by atoms with Crippen molar-refractivity contribution in [3.63, 3.8) is 0 Å². The van der Waals surface area contributed by atoms with E-state index in [2.05, 4.69) is 15.9 Å². The Kier molecular flexibility index (Phi) is 2.56. The summed E-state index contributed by atoms with van der Waals surface area (Å²) in [7, 11) is 0. The van der Waals surface area contributed by atoms with E-state index in [0.717, 1.165) is 4.90 Å². The van der Waals surface area contributed by atoms with Crippen molar-refractivity contribution in [2.75, 3.05) is 11.7 Å². The summed E-state index contributed by atoms with van der Waals surface area (Å²) in [6.45, 7) is 0.0714. The van der Waals surface area contributed by atoms with Crippen LogP contribution in [-0.2, 0) is 0 Å². The van der Waals surface area contributed by atoms with Gasteiger partial charge in [0.25, 0.3) is 11.8 Å². The lowest BCUT2D eigenvalue weighted by Crippen LogP contribution is -2.30. The average Bonchev–Trinajstić information content (AvgIpc) is 3.06. The van der Waals surface area contributed by atoms with E-state index in [-0.39, 0.29) is 18.6 Å². The van der Waals surface area contributed by atoms with E-state index in [1.807, 2.05) is 0 Å². The number of hydrogen-bond acceptors (Lipinski definition) is 4. The van der Waals surface area contributed by atoms with Crippen LogP contribution in [0, 0.1) is 0 Å². The van der Waals surface area contributed by atoms with Crippen molar-refractivity contribution in [2.24, 2.45) is 0 Å². The zero-order valence-electron chi connectivity index (χ0n) is 10.6. The number of ether oxygens (including phenoxy) is 2. The Balaban J connectivity index is 1.92. The van der Waals surface area contributed by atoms with Crippen LogP contribution in [0.3, 0.4) is 0 Å². The van der Waals surface area contributed by atoms with E-state index in [0.29, 0.717) is 32.8 Å². The summed E-state index contributed by atoms with van der Waals surface area (Å²) in [5, 5.41) is 0. The maximum absolute atomic E-state index is 12.5. The third-order valence-corrected chi connectivity index (χ3v) is 4.12. The Morgan fingerprint density at radius 2 is 1.62 bits per heavy atom. The molecule has 0 fully saturated rings. The molecular weight excluding hydrogens is 338 g/mol. The molecule has 0 spiro atoms. The number of carbonyl (C=O) groups is 2. The van der Waals surface area contributed by atoms with Crippen molar-refractivity contribution in [1.82, 2.24) is 0 Å². The molecule has 2 amide bonds. The highest BCUT2D eigenvalue weighted by atomic mass is 79.9. The average molecular weight is 346 g/mol. The van der Waals surface area contributed by atoms with Crippen LogP contribution in [0.2, 0.25) is 0 Å². The van der Waals surface area contributed by atoms with E-state index < -0.39 is 0 Å². The standard InChI is InChI=1S/C15H8BrNO4/c16-10-5-6-11-13(21-7-20-11)12(10)17-14(18)8-3-1-2-4-9(8)15(17)19/h1-6H,7H2. The maximum atomic E-state index is 12.5. The molecule has 0 aliphatic carbocycles. The SMILES string of the molecule is O=C1c2ccccc2C(=O)N1c1c(Br)ccc2c1OCO2. The highest BCUT2D eigenvalue weighted by Crippen LogP contribution is 2.47. The number of rotatable bonds is 1. The van der Waals surface area contributed by atoms with Gasteiger partial charge in [-0.3, -0.25) is 9.59 Å². The molecule has 0 bridgehead atoms. The van der Waals surface area contributed by atoms with Gasteiger partial charge >= 0.3 is 0 Å². The molecule has 2 aliphatic rings. The maximum Gasteiger partial charge on any atom is 0.266 e. The first kappa shape index (κ1) is 12.4. The third kappa shape index (κ3) is 1.62. The fourth-order valence-electron chi connectivity index (χ4n) is 2.53. The molecule has 0 atom stereocenters. The van der Waals surface area contributed by atoms with E-state index in [1.54, 1.807) is 36.4 Å². The molecule has 4 rings (SSSR count). The van der Waals surface area contributed by atoms with E-state index in [9.17, 15) is 9.59 Å². The molecule has 6 heteroatoms. The zero-order valence-corrected chi connectivity index (χ0v) is 12.2. The minimum absolute atomic E-state index is 0.0714. The van der Waals surface area contributed by atoms with Crippen LogP contribution < -0.4 is 14.4 Å². The minimum atomic E-state index is -0.361. The van der Waals surface area contributed by atoms with Crippen LogP contribution in [0.25, 0.3) is 0 Å². The van der Waals surface area contributed by atoms with Crippen molar-refractivity contribution >= 4 is 33.4 Å². The van der Waals surface area contributed by atoms with Crippen LogP contribution in [0.4, 0.5) is 5.69 Å². The second-order valence-corrected chi connectivity index (χ2v) is 5.48. The summed E-state index contributed by atoms with van der Waals surface area (Å²) in [6.07, 6.45) is 0. The normalized spacial score (nSPS) is 15.6. The summed E-state index contributed by atoms with van der Waals surface area (Å²) in [4.78, 5) is 26.2. The van der Waals surface area contributed by atoms with Crippen molar-refractivity contribution < 1.29 is 19.1 Å². The molecule has 2 heterocycles. The molecule has 21 heavy (non-hydrogen) atoms. The number of benzene rings is 2. The number of amides is 2. The van der Waals surface area contributed by atoms with E-state index in [4.69, 9.17) is 9.47 Å². The molecule has 0 saturated heterocycles. The number of fused-ring (bicyclic) bond motifs is 2. The summed E-state index contributed by atoms with van der Waals surface area (Å²) < 4.78 is 11.3. The van der Waals surface area contributed by atoms with Crippen molar-refractivity contribution in [1.29, 1.82) is 0 Å². The lowest BCUT2D eigenvalue weighted by atomic mass is 10.1. The third-order valence-electron chi connectivity index (χ3n) is 3.48. The quantitative estimate of drug-likeness (QED) is 0.745. The minimum Gasteiger partial charge on any atom is -0.454 e. The summed E-state index contributed by atoms with van der Waals surface area (Å²) in [5.41, 5.74) is 1.17. The summed E-state index contributed by atoms with van der Waals surface area (Å²) >= 11 is 3.38. The van der Waals surface area contributed by atoms with Crippen molar-refractivity contribution in [3.05, 3.63) is 52.0 Å². The van der Waals surface area contributed by atoms with Gasteiger partial charge < -0.3 is 9.47 Å². The molecule has 2 aromatic carbocycles. The Morgan fingerprint density at radius 1 is 0.952 bits per heavy atom. The van der Waals surface area contributed by atoms with Crippen LogP contribution in [0.1, 0.15) is 20.7 Å². The predicted molar refractivity (Wildman–Crippen MR) is 77.8 cm³/mol. The fraction of sp³-hybridized carbons (Fsp3) is 0.0667. The molecule has 5 nitrogen and oxygen atoms in total. The van der Waals surface area contributed by atoms with Gasteiger partial charge in [0.05, 0.1) is 11.1 Å². The van der Waals surface area contributed by atoms with Gasteiger partial charge in [0.1, 0.15) is 5.69 Å². The van der Waals surface area contributed by atoms with Gasteiger partial charge in [-0.2, -0.15) is 0 Å². The number of anilines is 1. The molecule has 0 radical (unpaired) electrons. The summed E-state index contributed by atoms with van der Waals surface area (Å²) in [5.74, 6) is 0.198. The fourth-order valence-corrected chi connectivity index (χ4v) is 3.02. The van der Waals surface area contributed by atoms with Gasteiger partial charge in [0.15, 0.2) is 11.5 Å². The molecule has 104 valence electrons. The molecule has 0 saturated carbocycles. The largest absolute Gasteiger partial charge is 0.454 e. The smallest absolute Gasteiger partial charge is 0.266 e. The highest BCUT2D eigenvalue weighted by molar-refractivity contribution is 9.10. The molecule has 2 aliphatic heterocycles. The summed E-state index contributed by atoms with van der Waals surface area (Å²) in [6, 6.07) is 10.2. The topological polar surface area (TPSA) is 55.8 Å². The van der Waals surface area contributed by atoms with Gasteiger partial charge in [0.2, 0.25) is 6.79 Å². The Hall–Kier alpha value is -2.34. The lowest BCUT2D eigenvalue weighted by Gasteiger charge is -2.17. The number of hydrogen-bond donors (Lipinski definition) is 0. The second kappa shape index (κ2) is 4.33. The van der Waals surface area contributed by atoms with Crippen LogP contribution in [0.15, 0.2) is 40.9 Å². The number of halogens is 1. The Labute approximate surface area is 128 Å². The van der Waals surface area contributed by atoms with Crippen LogP contribution in [-0.4, -0.2) is 18.6 Å².